The first kappa shape index (κ1) is 35.1. The quantitative estimate of drug-likeness (QED) is 0.154. The van der Waals surface area contributed by atoms with Gasteiger partial charge in [-0.2, -0.15) is 0 Å². The molecule has 12 aromatic rings. The molecule has 0 fully saturated rings. The van der Waals surface area contributed by atoms with Crippen LogP contribution < -0.4 is 0 Å². The molecule has 0 amide bonds. The Morgan fingerprint density at radius 1 is 0.426 bits per heavy atom. The first-order valence-corrected chi connectivity index (χ1v) is 21.1. The van der Waals surface area contributed by atoms with E-state index in [1.807, 2.05) is 60.7 Å². The Hall–Kier alpha value is -7.83. The monoisotopic (exact) mass is 785 g/mol. The third kappa shape index (κ3) is 5.75. The zero-order valence-corrected chi connectivity index (χ0v) is 33.6. The van der Waals surface area contributed by atoms with Crippen molar-refractivity contribution in [1.29, 1.82) is 0 Å². The van der Waals surface area contributed by atoms with Crippen LogP contribution in [-0.2, 0) is 6.42 Å². The molecule has 0 bridgehead atoms. The van der Waals surface area contributed by atoms with Crippen LogP contribution in [0.4, 0.5) is 0 Å². The molecule has 4 heterocycles. The second kappa shape index (κ2) is 14.2. The third-order valence-corrected chi connectivity index (χ3v) is 12.1. The predicted octanol–water partition coefficient (Wildman–Crippen LogP) is 14.3. The highest BCUT2D eigenvalue weighted by atomic mass is 16.3. The number of hydrogen-bond acceptors (Lipinski definition) is 4. The van der Waals surface area contributed by atoms with Crippen LogP contribution in [0.5, 0.6) is 0 Å². The van der Waals surface area contributed by atoms with Crippen LogP contribution in [0.1, 0.15) is 25.3 Å². The lowest BCUT2D eigenvalue weighted by molar-refractivity contribution is 0.669. The molecule has 0 atom stereocenters. The number of aromatic nitrogens is 5. The number of aryl methyl sites for hydroxylation is 1. The van der Waals surface area contributed by atoms with E-state index in [0.29, 0.717) is 17.5 Å². The van der Waals surface area contributed by atoms with E-state index in [9.17, 15) is 0 Å². The van der Waals surface area contributed by atoms with Gasteiger partial charge in [0.1, 0.15) is 11.2 Å². The molecule has 12 rings (SSSR count). The van der Waals surface area contributed by atoms with Crippen LogP contribution in [0, 0.1) is 0 Å². The highest BCUT2D eigenvalue weighted by molar-refractivity contribution is 6.26. The van der Waals surface area contributed by atoms with Crippen LogP contribution in [0.2, 0.25) is 0 Å². The van der Waals surface area contributed by atoms with Gasteiger partial charge in [0.25, 0.3) is 0 Å². The fourth-order valence-corrected chi connectivity index (χ4v) is 9.25. The molecular formula is C55H39N5O. The van der Waals surface area contributed by atoms with Crippen molar-refractivity contribution in [2.75, 3.05) is 0 Å². The summed E-state index contributed by atoms with van der Waals surface area (Å²) in [5.41, 5.74) is 12.7. The number of hydrogen-bond donors (Lipinski definition) is 0. The second-order valence-corrected chi connectivity index (χ2v) is 15.9. The van der Waals surface area contributed by atoms with Gasteiger partial charge in [-0.3, -0.25) is 0 Å². The van der Waals surface area contributed by atoms with E-state index in [1.54, 1.807) is 0 Å². The molecule has 6 nitrogen and oxygen atoms in total. The minimum Gasteiger partial charge on any atom is -0.456 e. The summed E-state index contributed by atoms with van der Waals surface area (Å²) in [6.45, 7) is 2.26. The Balaban J connectivity index is 1.04. The highest BCUT2D eigenvalue weighted by Crippen LogP contribution is 2.43. The van der Waals surface area contributed by atoms with E-state index < -0.39 is 0 Å². The molecule has 0 saturated heterocycles. The summed E-state index contributed by atoms with van der Waals surface area (Å²) in [7, 11) is 0. The first-order valence-electron chi connectivity index (χ1n) is 21.1. The molecule has 0 unspecified atom stereocenters. The maximum atomic E-state index is 6.60. The molecule has 61 heavy (non-hydrogen) atoms. The Labute approximate surface area is 352 Å². The molecule has 0 aliphatic heterocycles. The van der Waals surface area contributed by atoms with Gasteiger partial charge in [0.2, 0.25) is 0 Å². The molecule has 290 valence electrons. The second-order valence-electron chi connectivity index (χ2n) is 15.9. The lowest BCUT2D eigenvalue weighted by atomic mass is 10.0. The van der Waals surface area contributed by atoms with Crippen molar-refractivity contribution in [1.82, 2.24) is 24.1 Å². The highest BCUT2D eigenvalue weighted by Gasteiger charge is 2.22. The minimum atomic E-state index is 0.595. The van der Waals surface area contributed by atoms with Crippen LogP contribution in [0.25, 0.3) is 111 Å². The normalized spacial score (nSPS) is 11.9. The number of unbranched alkanes of at least 4 members (excludes halogenated alkanes) is 1. The first-order chi connectivity index (χ1) is 30.2. The molecule has 0 aliphatic rings. The number of benzene rings is 8. The number of rotatable bonds is 8. The summed E-state index contributed by atoms with van der Waals surface area (Å²) in [6, 6.07) is 64.3. The molecule has 0 radical (unpaired) electrons. The van der Waals surface area contributed by atoms with E-state index in [-0.39, 0.29) is 0 Å². The van der Waals surface area contributed by atoms with Gasteiger partial charge in [0.05, 0.1) is 22.1 Å². The summed E-state index contributed by atoms with van der Waals surface area (Å²) in [4.78, 5) is 14.8. The van der Waals surface area contributed by atoms with Crippen LogP contribution in [0.15, 0.2) is 186 Å². The molecule has 0 N–H and O–H groups in total. The van der Waals surface area contributed by atoms with Gasteiger partial charge < -0.3 is 13.6 Å². The number of furan rings is 1. The maximum absolute atomic E-state index is 6.60. The van der Waals surface area contributed by atoms with Crippen molar-refractivity contribution in [2.24, 2.45) is 0 Å². The molecule has 0 spiro atoms. The summed E-state index contributed by atoms with van der Waals surface area (Å²) >= 11 is 0. The summed E-state index contributed by atoms with van der Waals surface area (Å²) in [5, 5.41) is 7.11. The molecular weight excluding hydrogens is 747 g/mol. The fraction of sp³-hybridized carbons (Fsp3) is 0.0727. The molecule has 6 heteroatoms. The van der Waals surface area contributed by atoms with Gasteiger partial charge in [-0.1, -0.05) is 129 Å². The van der Waals surface area contributed by atoms with Gasteiger partial charge in [-0.05, 0) is 85.1 Å². The Kier molecular flexibility index (Phi) is 8.17. The molecule has 0 aliphatic carbocycles. The van der Waals surface area contributed by atoms with Crippen molar-refractivity contribution in [3.63, 3.8) is 0 Å². The molecule has 0 saturated carbocycles. The van der Waals surface area contributed by atoms with Crippen molar-refractivity contribution >= 4 is 65.6 Å². The SMILES string of the molecule is CCCCc1ccc2c(c1)c1ccc3c(c4ccccc4n3-c3ccc4oc5cc(-c6nc(-c7ccccc7)nc(-c7ccccc7)n6)ccc5c4c3)c1n2-c1ccccc1. The van der Waals surface area contributed by atoms with E-state index in [0.717, 1.165) is 67.5 Å². The Morgan fingerprint density at radius 3 is 1.80 bits per heavy atom. The number of para-hydroxylation sites is 2. The average molecular weight is 786 g/mol. The van der Waals surface area contributed by atoms with E-state index in [1.165, 1.54) is 51.0 Å². The predicted molar refractivity (Wildman–Crippen MR) is 251 cm³/mol. The van der Waals surface area contributed by atoms with Crippen molar-refractivity contribution in [2.45, 2.75) is 26.2 Å². The van der Waals surface area contributed by atoms with Crippen molar-refractivity contribution in [3.05, 3.63) is 188 Å². The van der Waals surface area contributed by atoms with Crippen LogP contribution >= 0.6 is 0 Å². The lowest BCUT2D eigenvalue weighted by Crippen LogP contribution is -2.00. The minimum absolute atomic E-state index is 0.595. The Morgan fingerprint density at radius 2 is 1.07 bits per heavy atom. The van der Waals surface area contributed by atoms with Crippen molar-refractivity contribution < 1.29 is 4.42 Å². The molecule has 8 aromatic carbocycles. The van der Waals surface area contributed by atoms with E-state index >= 15 is 0 Å². The van der Waals surface area contributed by atoms with Crippen LogP contribution in [0.3, 0.4) is 0 Å². The van der Waals surface area contributed by atoms with Gasteiger partial charge in [-0.15, -0.1) is 0 Å². The van der Waals surface area contributed by atoms with E-state index in [4.69, 9.17) is 19.4 Å². The third-order valence-electron chi connectivity index (χ3n) is 12.1. The molecule has 4 aromatic heterocycles. The van der Waals surface area contributed by atoms with Crippen molar-refractivity contribution in [3.8, 4) is 45.5 Å². The lowest BCUT2D eigenvalue weighted by Gasteiger charge is -2.10. The smallest absolute Gasteiger partial charge is 0.164 e. The zero-order chi connectivity index (χ0) is 40.4. The van der Waals surface area contributed by atoms with Gasteiger partial charge in [0, 0.05) is 60.4 Å². The van der Waals surface area contributed by atoms with Gasteiger partial charge in [0.15, 0.2) is 17.5 Å². The Bertz CT molecular complexity index is 3560. The number of fused-ring (bicyclic) bond motifs is 10. The van der Waals surface area contributed by atoms with Crippen LogP contribution in [-0.4, -0.2) is 24.1 Å². The largest absolute Gasteiger partial charge is 0.456 e. The average Bonchev–Trinajstić information content (AvgIpc) is 3.98. The summed E-state index contributed by atoms with van der Waals surface area (Å²) in [5.74, 6) is 1.85. The standard InChI is InChI=1S/C55H39N5O/c1-2-3-15-35-24-29-47-44(32-35)42-28-30-48-51(52(42)60(47)39-20-11-6-12-21-39)43-22-13-14-23-46(43)59(48)40-26-31-49-45(34-40)41-27-25-38(33-50(41)61-49)55-57-53(36-16-7-4-8-17-36)56-54(58-55)37-18-9-5-10-19-37/h4-14,16-34H,2-3,15H2,1H3. The van der Waals surface area contributed by atoms with Gasteiger partial charge in [-0.25, -0.2) is 15.0 Å². The topological polar surface area (TPSA) is 61.7 Å². The number of nitrogens with zero attached hydrogens (tertiary/aromatic N) is 5. The summed E-state index contributed by atoms with van der Waals surface area (Å²) < 4.78 is 11.5. The maximum Gasteiger partial charge on any atom is 0.164 e. The summed E-state index contributed by atoms with van der Waals surface area (Å²) in [6.07, 6.45) is 3.45. The zero-order valence-electron chi connectivity index (χ0n) is 33.6. The van der Waals surface area contributed by atoms with E-state index in [2.05, 4.69) is 137 Å². The van der Waals surface area contributed by atoms with Gasteiger partial charge >= 0.3 is 0 Å². The fourth-order valence-electron chi connectivity index (χ4n) is 9.25.